The van der Waals surface area contributed by atoms with Crippen molar-refractivity contribution in [2.75, 3.05) is 58.9 Å². The first kappa shape index (κ1) is 26.9. The maximum absolute atomic E-state index is 11.7. The summed E-state index contributed by atoms with van der Waals surface area (Å²) in [6.45, 7) is 9.62. The van der Waals surface area contributed by atoms with Gasteiger partial charge in [-0.2, -0.15) is 0 Å². The van der Waals surface area contributed by atoms with Crippen LogP contribution >= 0.6 is 0 Å². The fraction of sp³-hybridized carbons (Fsp3) is 0.773. The van der Waals surface area contributed by atoms with E-state index in [1.165, 1.54) is 0 Å². The molecule has 1 N–H and O–H groups in total. The van der Waals surface area contributed by atoms with Crippen molar-refractivity contribution >= 4 is 29.8 Å². The van der Waals surface area contributed by atoms with E-state index in [1.54, 1.807) is 9.80 Å². The quantitative estimate of drug-likeness (QED) is 0.305. The van der Waals surface area contributed by atoms with Crippen molar-refractivity contribution in [2.45, 2.75) is 40.5 Å². The molecule has 0 unspecified atom stereocenters. The summed E-state index contributed by atoms with van der Waals surface area (Å²) in [5.74, 6) is -3.29. The standard InChI is InChI=1S/C22H35N3O8/c1-5-22(6-2,14-24-10-19(30)33-20(31)11-24)15-25(7-16(26)27)13-21(3,4)12-23-8-17(28)32-18(29)9-23/h5-15H2,1-4H3,(H,26,27). The molecule has 0 aliphatic carbocycles. The monoisotopic (exact) mass is 469 g/mol. The molecule has 11 nitrogen and oxygen atoms in total. The molecule has 2 aliphatic rings. The molecule has 2 rings (SSSR count). The predicted octanol–water partition coefficient (Wildman–Crippen LogP) is -0.0236. The average molecular weight is 470 g/mol. The zero-order valence-electron chi connectivity index (χ0n) is 19.9. The average Bonchev–Trinajstić information content (AvgIpc) is 2.64. The SMILES string of the molecule is CCC(CC)(CN1CC(=O)OC(=O)C1)CN(CC(=O)O)CC(C)(C)CN1CC(=O)OC(=O)C1. The first-order valence-corrected chi connectivity index (χ1v) is 11.2. The molecule has 2 heterocycles. The summed E-state index contributed by atoms with van der Waals surface area (Å²) in [5, 5.41) is 9.53. The van der Waals surface area contributed by atoms with E-state index >= 15 is 0 Å². The molecule has 0 amide bonds. The van der Waals surface area contributed by atoms with E-state index in [-0.39, 0.29) is 38.1 Å². The normalized spacial score (nSPS) is 19.1. The molecule has 0 radical (unpaired) electrons. The number of rotatable bonds is 12. The Morgan fingerprint density at radius 1 is 0.848 bits per heavy atom. The highest BCUT2D eigenvalue weighted by Crippen LogP contribution is 2.31. The number of carbonyl (C=O) groups excluding carboxylic acids is 4. The fourth-order valence-electron chi connectivity index (χ4n) is 4.76. The topological polar surface area (TPSA) is 134 Å². The molecule has 0 aromatic rings. The van der Waals surface area contributed by atoms with E-state index in [1.807, 2.05) is 32.6 Å². The Morgan fingerprint density at radius 3 is 1.67 bits per heavy atom. The molecular weight excluding hydrogens is 434 g/mol. The third-order valence-corrected chi connectivity index (χ3v) is 6.15. The van der Waals surface area contributed by atoms with E-state index in [0.717, 1.165) is 12.8 Å². The van der Waals surface area contributed by atoms with Gasteiger partial charge in [-0.15, -0.1) is 0 Å². The first-order valence-electron chi connectivity index (χ1n) is 11.2. The van der Waals surface area contributed by atoms with E-state index < -0.39 is 35.3 Å². The van der Waals surface area contributed by atoms with Crippen molar-refractivity contribution in [1.82, 2.24) is 14.7 Å². The largest absolute Gasteiger partial charge is 0.480 e. The fourth-order valence-corrected chi connectivity index (χ4v) is 4.76. The predicted molar refractivity (Wildman–Crippen MR) is 116 cm³/mol. The Balaban J connectivity index is 2.12. The van der Waals surface area contributed by atoms with Gasteiger partial charge >= 0.3 is 29.8 Å². The lowest BCUT2D eigenvalue weighted by Gasteiger charge is -2.43. The zero-order valence-corrected chi connectivity index (χ0v) is 19.9. The lowest BCUT2D eigenvalue weighted by molar-refractivity contribution is -0.169. The zero-order chi connectivity index (χ0) is 24.8. The highest BCUT2D eigenvalue weighted by atomic mass is 16.6. The van der Waals surface area contributed by atoms with E-state index in [4.69, 9.17) is 0 Å². The van der Waals surface area contributed by atoms with Gasteiger partial charge in [-0.05, 0) is 23.7 Å². The third kappa shape index (κ3) is 8.49. The van der Waals surface area contributed by atoms with Crippen molar-refractivity contribution < 1.29 is 38.6 Å². The van der Waals surface area contributed by atoms with E-state index in [9.17, 15) is 29.1 Å². The number of aliphatic carboxylic acids is 1. The van der Waals surface area contributed by atoms with Gasteiger partial charge in [0.05, 0.1) is 32.7 Å². The van der Waals surface area contributed by atoms with Crippen molar-refractivity contribution in [2.24, 2.45) is 10.8 Å². The van der Waals surface area contributed by atoms with Crippen LogP contribution in [0.1, 0.15) is 40.5 Å². The minimum Gasteiger partial charge on any atom is -0.480 e. The van der Waals surface area contributed by atoms with Gasteiger partial charge in [0.1, 0.15) is 0 Å². The van der Waals surface area contributed by atoms with Crippen LogP contribution in [0.3, 0.4) is 0 Å². The molecule has 0 atom stereocenters. The van der Waals surface area contributed by atoms with Gasteiger partial charge in [0.2, 0.25) is 0 Å². The minimum atomic E-state index is -0.958. The third-order valence-electron chi connectivity index (χ3n) is 6.15. The van der Waals surface area contributed by atoms with E-state index in [2.05, 4.69) is 9.47 Å². The number of hydrogen-bond donors (Lipinski definition) is 1. The van der Waals surface area contributed by atoms with Gasteiger partial charge in [-0.3, -0.25) is 38.7 Å². The highest BCUT2D eigenvalue weighted by Gasteiger charge is 2.37. The Morgan fingerprint density at radius 2 is 1.27 bits per heavy atom. The number of carbonyl (C=O) groups is 5. The number of hydrogen-bond acceptors (Lipinski definition) is 10. The van der Waals surface area contributed by atoms with Crippen molar-refractivity contribution in [3.63, 3.8) is 0 Å². The Labute approximate surface area is 193 Å². The Kier molecular flexibility index (Phi) is 9.10. The molecule has 0 spiro atoms. The number of esters is 4. The maximum Gasteiger partial charge on any atom is 0.327 e. The number of cyclic esters (lactones) is 4. The number of ether oxygens (including phenoxy) is 2. The lowest BCUT2D eigenvalue weighted by atomic mass is 9.80. The molecule has 0 bridgehead atoms. The summed E-state index contributed by atoms with van der Waals surface area (Å²) in [4.78, 5) is 63.6. The van der Waals surface area contributed by atoms with Gasteiger partial charge in [-0.25, -0.2) is 0 Å². The maximum atomic E-state index is 11.7. The van der Waals surface area contributed by atoms with Crippen LogP contribution in [0.5, 0.6) is 0 Å². The number of nitrogens with zero attached hydrogens (tertiary/aromatic N) is 3. The van der Waals surface area contributed by atoms with Crippen LogP contribution in [-0.2, 0) is 33.4 Å². The summed E-state index contributed by atoms with van der Waals surface area (Å²) >= 11 is 0. The summed E-state index contributed by atoms with van der Waals surface area (Å²) < 4.78 is 9.19. The minimum absolute atomic E-state index is 0.0149. The smallest absolute Gasteiger partial charge is 0.327 e. The highest BCUT2D eigenvalue weighted by molar-refractivity contribution is 5.90. The molecule has 0 saturated carbocycles. The van der Waals surface area contributed by atoms with Crippen LogP contribution in [0, 0.1) is 10.8 Å². The summed E-state index contributed by atoms with van der Waals surface area (Å²) in [5.41, 5.74) is -0.764. The number of carboxylic acid groups (broad SMARTS) is 1. The van der Waals surface area contributed by atoms with Crippen LogP contribution in [-0.4, -0.2) is 109 Å². The van der Waals surface area contributed by atoms with Crippen LogP contribution in [0.2, 0.25) is 0 Å². The van der Waals surface area contributed by atoms with Gasteiger partial charge in [0, 0.05) is 26.2 Å². The van der Waals surface area contributed by atoms with Crippen LogP contribution in [0.15, 0.2) is 0 Å². The summed E-state index contributed by atoms with van der Waals surface area (Å²) in [6, 6.07) is 0. The second-order valence-corrected chi connectivity index (χ2v) is 9.89. The molecular formula is C22H35N3O8. The molecule has 2 fully saturated rings. The molecule has 11 heteroatoms. The molecule has 33 heavy (non-hydrogen) atoms. The number of morpholine rings is 2. The first-order chi connectivity index (χ1) is 15.3. The molecule has 0 aromatic carbocycles. The van der Waals surface area contributed by atoms with Gasteiger partial charge in [-0.1, -0.05) is 27.7 Å². The van der Waals surface area contributed by atoms with E-state index in [0.29, 0.717) is 26.2 Å². The van der Waals surface area contributed by atoms with Gasteiger partial charge in [0.15, 0.2) is 0 Å². The van der Waals surface area contributed by atoms with Crippen molar-refractivity contribution in [3.8, 4) is 0 Å². The molecule has 2 saturated heterocycles. The Bertz CT molecular complexity index is 746. The molecule has 2 aliphatic heterocycles. The summed E-state index contributed by atoms with van der Waals surface area (Å²) in [6.07, 6.45) is 1.46. The van der Waals surface area contributed by atoms with Crippen molar-refractivity contribution in [1.29, 1.82) is 0 Å². The second-order valence-electron chi connectivity index (χ2n) is 9.89. The molecule has 186 valence electrons. The molecule has 0 aromatic heterocycles. The second kappa shape index (κ2) is 11.2. The van der Waals surface area contributed by atoms with Crippen molar-refractivity contribution in [3.05, 3.63) is 0 Å². The van der Waals surface area contributed by atoms with Crippen LogP contribution in [0.25, 0.3) is 0 Å². The summed E-state index contributed by atoms with van der Waals surface area (Å²) in [7, 11) is 0. The van der Waals surface area contributed by atoms with Gasteiger partial charge < -0.3 is 14.6 Å². The Hall–Kier alpha value is -2.37. The number of carboxylic acids is 1. The van der Waals surface area contributed by atoms with Crippen LogP contribution < -0.4 is 0 Å². The lowest BCUT2D eigenvalue weighted by Crippen LogP contribution is -2.53. The van der Waals surface area contributed by atoms with Crippen LogP contribution in [0.4, 0.5) is 0 Å². The van der Waals surface area contributed by atoms with Gasteiger partial charge in [0.25, 0.3) is 0 Å².